The molecular weight excluding hydrogens is 380 g/mol. The van der Waals surface area contributed by atoms with Crippen molar-refractivity contribution < 1.29 is 42.3 Å². The molecule has 6 nitrogen and oxygen atoms in total. The number of rotatable bonds is 7. The van der Waals surface area contributed by atoms with Crippen LogP contribution in [-0.2, 0) is 15.9 Å². The molecule has 2 aliphatic rings. The molecule has 0 amide bonds. The maximum atomic E-state index is 13.6. The van der Waals surface area contributed by atoms with E-state index in [2.05, 4.69) is 0 Å². The van der Waals surface area contributed by atoms with Crippen LogP contribution < -0.4 is 15.2 Å². The van der Waals surface area contributed by atoms with E-state index in [0.29, 0.717) is 0 Å². The van der Waals surface area contributed by atoms with Crippen LogP contribution in [0.2, 0.25) is 0 Å². The number of methoxy groups -OCH3 is 2. The Morgan fingerprint density at radius 2 is 2.17 bits per heavy atom. The fourth-order valence-electron chi connectivity index (χ4n) is 3.63. The molecule has 2 heterocycles. The molecule has 0 spiro atoms. The fraction of sp³-hybridized carbons (Fsp3) is 0.708. The molecule has 1 aromatic rings. The number of hydrogen-bond donors (Lipinski definition) is 1. The van der Waals surface area contributed by atoms with Crippen LogP contribution in [0.1, 0.15) is 80.8 Å². The minimum absolute atomic E-state index is 0.0224. The molecule has 30 heavy (non-hydrogen) atoms. The van der Waals surface area contributed by atoms with Crippen molar-refractivity contribution in [1.29, 1.82) is 0 Å². The van der Waals surface area contributed by atoms with Gasteiger partial charge in [0.1, 0.15) is 12.1 Å². The Morgan fingerprint density at radius 1 is 1.40 bits per heavy atom. The van der Waals surface area contributed by atoms with Gasteiger partial charge in [0, 0.05) is 46.5 Å². The Hall–Kier alpha value is -1.79. The quantitative estimate of drug-likeness (QED) is 0.660. The molecule has 0 aromatic heterocycles. The fourth-order valence-corrected chi connectivity index (χ4v) is 3.63. The number of ether oxygens (including phenoxy) is 3. The second-order valence-electron chi connectivity index (χ2n) is 7.59. The van der Waals surface area contributed by atoms with Gasteiger partial charge in [-0.3, -0.25) is 9.69 Å². The topological polar surface area (TPSA) is 74.0 Å². The summed E-state index contributed by atoms with van der Waals surface area (Å²) in [5, 5.41) is 0. The van der Waals surface area contributed by atoms with Crippen LogP contribution >= 0.6 is 0 Å². The Kier molecular flexibility index (Phi) is 2.99. The van der Waals surface area contributed by atoms with Gasteiger partial charge < -0.3 is 19.9 Å². The molecule has 4 atom stereocenters. The first kappa shape index (κ1) is 9.37. The molecule has 1 fully saturated rings. The summed E-state index contributed by atoms with van der Waals surface area (Å²) in [6, 6.07) is -4.43. The number of carbonyl (C=O) groups is 1. The second kappa shape index (κ2) is 9.56. The monoisotopic (exact) mass is 435 g/mol. The summed E-state index contributed by atoms with van der Waals surface area (Å²) in [6.07, 6.45) is -6.57. The molecule has 6 heteroatoms. The van der Waals surface area contributed by atoms with E-state index in [9.17, 15) is 7.54 Å². The van der Waals surface area contributed by atoms with Gasteiger partial charge in [-0.2, -0.15) is 0 Å². The van der Waals surface area contributed by atoms with Crippen LogP contribution in [0.3, 0.4) is 0 Å². The van der Waals surface area contributed by atoms with Crippen molar-refractivity contribution in [1.82, 2.24) is 4.90 Å². The predicted molar refractivity (Wildman–Crippen MR) is 118 cm³/mol. The molecule has 0 radical (unpaired) electrons. The summed E-state index contributed by atoms with van der Waals surface area (Å²) in [7, 11) is -1.92. The van der Waals surface area contributed by atoms with E-state index < -0.39 is 93.8 Å². The van der Waals surface area contributed by atoms with Gasteiger partial charge in [-0.25, -0.2) is 0 Å². The Bertz CT molecular complexity index is 1360. The van der Waals surface area contributed by atoms with Crippen LogP contribution in [-0.4, -0.2) is 50.2 Å². The van der Waals surface area contributed by atoms with Crippen molar-refractivity contribution >= 4 is 5.97 Å². The molecule has 0 aliphatic carbocycles. The van der Waals surface area contributed by atoms with Gasteiger partial charge in [0.25, 0.3) is 0 Å². The highest BCUT2D eigenvalue weighted by Crippen LogP contribution is 2.44. The smallest absolute Gasteiger partial charge is 0.323 e. The highest BCUT2D eigenvalue weighted by atomic mass is 16.5. The van der Waals surface area contributed by atoms with Crippen molar-refractivity contribution in [2.24, 2.45) is 23.5 Å². The molecule has 0 bridgehead atoms. The van der Waals surface area contributed by atoms with Crippen LogP contribution in [0.5, 0.6) is 11.5 Å². The number of benzene rings is 1. The number of carbonyl (C=O) groups excluding carboxylic acids is 1. The van der Waals surface area contributed by atoms with E-state index in [1.54, 1.807) is 13.8 Å². The first-order valence-electron chi connectivity index (χ1n) is 18.0. The van der Waals surface area contributed by atoms with E-state index >= 15 is 0 Å². The van der Waals surface area contributed by atoms with Crippen molar-refractivity contribution in [3.8, 4) is 11.5 Å². The van der Waals surface area contributed by atoms with Gasteiger partial charge in [0.2, 0.25) is 0 Å². The van der Waals surface area contributed by atoms with Crippen molar-refractivity contribution in [3.05, 3.63) is 23.3 Å². The van der Waals surface area contributed by atoms with Gasteiger partial charge in [-0.05, 0) is 47.9 Å². The molecular formula is C24H38N2O4. The molecule has 168 valence electrons. The summed E-state index contributed by atoms with van der Waals surface area (Å²) < 4.78 is 155. The van der Waals surface area contributed by atoms with Crippen LogP contribution in [0.4, 0.5) is 0 Å². The molecule has 1 saturated heterocycles. The summed E-state index contributed by atoms with van der Waals surface area (Å²) in [6.45, 7) is -7.88. The first-order chi connectivity index (χ1) is 20.7. The third kappa shape index (κ3) is 4.75. The third-order valence-electron chi connectivity index (χ3n) is 5.04. The Morgan fingerprint density at radius 3 is 2.83 bits per heavy atom. The van der Waals surface area contributed by atoms with Gasteiger partial charge in [0.05, 0.1) is 22.4 Å². The number of hydrogen-bond acceptors (Lipinski definition) is 6. The summed E-state index contributed by atoms with van der Waals surface area (Å²) in [5.41, 5.74) is 4.87. The van der Waals surface area contributed by atoms with Crippen molar-refractivity contribution in [3.63, 3.8) is 0 Å². The SMILES string of the molecule is [2H]C([2H])([2H])Oc1cc2c(cc1OC)C([2H])([2H])C([2H])([2H])N1CC(CC(C)C)C([2H])(OC(=O)[C@@]([2H])(N)C([2H])(C([2H])([2H])[2H])C([2H])([2H])[2H])CC21[2H]. The normalized spacial score (nSPS) is 44.2. The molecule has 3 unspecified atom stereocenters. The van der Waals surface area contributed by atoms with Crippen molar-refractivity contribution in [2.75, 3.05) is 27.2 Å². The third-order valence-corrected chi connectivity index (χ3v) is 5.04. The van der Waals surface area contributed by atoms with Gasteiger partial charge in [-0.1, -0.05) is 27.6 Å². The molecule has 3 rings (SSSR count). The minimum atomic E-state index is -3.95. The molecule has 0 saturated carbocycles. The van der Waals surface area contributed by atoms with Crippen LogP contribution in [0.15, 0.2) is 12.1 Å². The van der Waals surface area contributed by atoms with Crippen LogP contribution in [0.25, 0.3) is 0 Å². The zero-order valence-corrected chi connectivity index (χ0v) is 17.1. The largest absolute Gasteiger partial charge is 0.493 e. The standard InChI is InChI=1S/C24H38N2O4/c1-14(2)9-17-13-26-8-7-16-10-21(28-5)22(29-6)11-18(16)19(26)12-20(17)30-24(27)23(25)15(3)4/h10-11,14-15,17,19-20,23H,7-9,12-13,25H2,1-6H3/t17?,19?,20?,23-/m0/s1/i3D3,4D3,6D3,7D2,8D2,15D,19D,20D,23D. The highest BCUT2D eigenvalue weighted by molar-refractivity contribution is 5.76. The number of aryl methyl sites for hydroxylation is 1. The average molecular weight is 436 g/mol. The minimum Gasteiger partial charge on any atom is -0.493 e. The van der Waals surface area contributed by atoms with Crippen molar-refractivity contribution in [2.45, 2.75) is 64.9 Å². The van der Waals surface area contributed by atoms with Gasteiger partial charge >= 0.3 is 5.97 Å². The zero-order valence-electron chi connectivity index (χ0n) is 34.1. The maximum Gasteiger partial charge on any atom is 0.323 e. The molecule has 2 N–H and O–H groups in total. The summed E-state index contributed by atoms with van der Waals surface area (Å²) >= 11 is 0. The van der Waals surface area contributed by atoms with Gasteiger partial charge in [-0.15, -0.1) is 0 Å². The lowest BCUT2D eigenvalue weighted by molar-refractivity contribution is -0.160. The summed E-state index contributed by atoms with van der Waals surface area (Å²) in [4.78, 5) is 14.4. The number of fused-ring (bicyclic) bond motifs is 3. The lowest BCUT2D eigenvalue weighted by atomic mass is 9.79. The van der Waals surface area contributed by atoms with E-state index in [0.717, 1.165) is 24.1 Å². The molecule has 2 aliphatic heterocycles. The van der Waals surface area contributed by atoms with Crippen LogP contribution in [0, 0.1) is 17.7 Å². The van der Waals surface area contributed by atoms with E-state index in [-0.39, 0.29) is 23.7 Å². The predicted octanol–water partition coefficient (Wildman–Crippen LogP) is 3.56. The highest BCUT2D eigenvalue weighted by Gasteiger charge is 2.41. The number of nitrogens with zero attached hydrogens (tertiary/aromatic N) is 1. The average Bonchev–Trinajstić information content (AvgIpc) is 2.85. The van der Waals surface area contributed by atoms with E-state index in [1.165, 1.54) is 0 Å². The number of esters is 1. The maximum absolute atomic E-state index is 13.6. The number of nitrogens with two attached hydrogens (primary N) is 1. The number of piperidine rings is 1. The van der Waals surface area contributed by atoms with E-state index in [4.69, 9.17) is 40.5 Å². The lowest BCUT2D eigenvalue weighted by Crippen LogP contribution is -2.51. The Labute approximate surface area is 204 Å². The molecule has 1 aromatic carbocycles. The summed E-state index contributed by atoms with van der Waals surface area (Å²) in [5.74, 6) is -8.35. The first-order valence-corrected chi connectivity index (χ1v) is 9.47. The second-order valence-corrected chi connectivity index (χ2v) is 7.59. The Balaban J connectivity index is 2.30. The van der Waals surface area contributed by atoms with E-state index in [1.807, 2.05) is 0 Å². The lowest BCUT2D eigenvalue weighted by Gasteiger charge is -2.47. The van der Waals surface area contributed by atoms with Gasteiger partial charge in [0.15, 0.2) is 11.5 Å². The zero-order chi connectivity index (χ0) is 36.8.